The number of amides is 3. The van der Waals surface area contributed by atoms with Crippen LogP contribution in [0.4, 0.5) is 35.4 Å². The summed E-state index contributed by atoms with van der Waals surface area (Å²) in [4.78, 5) is 30.4. The fourth-order valence-corrected chi connectivity index (χ4v) is 4.30. The first-order valence-electron chi connectivity index (χ1n) is 11.5. The number of rotatable bonds is 3. The van der Waals surface area contributed by atoms with Crippen molar-refractivity contribution in [2.45, 2.75) is 32.8 Å². The van der Waals surface area contributed by atoms with Crippen LogP contribution >= 0.6 is 0 Å². The number of anilines is 3. The molecule has 3 amide bonds. The van der Waals surface area contributed by atoms with Gasteiger partial charge in [0, 0.05) is 38.4 Å². The Morgan fingerprint density at radius 2 is 1.71 bits per heavy atom. The van der Waals surface area contributed by atoms with Gasteiger partial charge in [-0.25, -0.2) is 18.4 Å². The molecule has 9 heteroatoms. The number of hydrogen-bond donors (Lipinski definition) is 1. The van der Waals surface area contributed by atoms with E-state index in [1.54, 1.807) is 28.0 Å². The van der Waals surface area contributed by atoms with Gasteiger partial charge in [-0.15, -0.1) is 0 Å². The largest absolute Gasteiger partial charge is 0.444 e. The molecule has 182 valence electrons. The molecular formula is C25H30F2N4O3. The highest BCUT2D eigenvalue weighted by Crippen LogP contribution is 2.38. The zero-order valence-electron chi connectivity index (χ0n) is 19.7. The van der Waals surface area contributed by atoms with Crippen molar-refractivity contribution >= 4 is 29.2 Å². The molecule has 34 heavy (non-hydrogen) atoms. The van der Waals surface area contributed by atoms with Gasteiger partial charge >= 0.3 is 12.1 Å². The molecule has 0 aromatic heterocycles. The van der Waals surface area contributed by atoms with E-state index in [1.165, 1.54) is 24.3 Å². The van der Waals surface area contributed by atoms with Crippen LogP contribution in [0, 0.1) is 17.6 Å². The van der Waals surface area contributed by atoms with Crippen molar-refractivity contribution in [2.24, 2.45) is 5.92 Å². The molecule has 2 aromatic rings. The molecule has 2 aliphatic heterocycles. The summed E-state index contributed by atoms with van der Waals surface area (Å²) in [7, 11) is 0. The van der Waals surface area contributed by atoms with Crippen LogP contribution in [0.2, 0.25) is 0 Å². The molecule has 1 N–H and O–H groups in total. The zero-order chi connectivity index (χ0) is 24.5. The number of hydrogen-bond acceptors (Lipinski definition) is 4. The first-order valence-corrected chi connectivity index (χ1v) is 11.5. The van der Waals surface area contributed by atoms with Crippen LogP contribution in [0.3, 0.4) is 0 Å². The van der Waals surface area contributed by atoms with Gasteiger partial charge in [-0.1, -0.05) is 0 Å². The Hall–Kier alpha value is -3.36. The molecule has 1 atom stereocenters. The molecule has 4 rings (SSSR count). The molecule has 0 spiro atoms. The number of urea groups is 1. The zero-order valence-corrected chi connectivity index (χ0v) is 19.7. The molecule has 2 aliphatic rings. The predicted octanol–water partition coefficient (Wildman–Crippen LogP) is 4.89. The molecule has 0 unspecified atom stereocenters. The summed E-state index contributed by atoms with van der Waals surface area (Å²) in [6.45, 7) is 7.85. The summed E-state index contributed by atoms with van der Waals surface area (Å²) in [6, 6.07) is 10.00. The van der Waals surface area contributed by atoms with E-state index < -0.39 is 11.4 Å². The third kappa shape index (κ3) is 5.40. The van der Waals surface area contributed by atoms with E-state index in [-0.39, 0.29) is 23.9 Å². The van der Waals surface area contributed by atoms with Crippen molar-refractivity contribution < 1.29 is 23.1 Å². The first-order chi connectivity index (χ1) is 16.1. The second kappa shape index (κ2) is 9.48. The Morgan fingerprint density at radius 1 is 1.00 bits per heavy atom. The lowest BCUT2D eigenvalue weighted by atomic mass is 10.1. The maximum atomic E-state index is 14.1. The number of carbonyl (C=O) groups excluding carboxylic acids is 2. The molecule has 1 fully saturated rings. The monoisotopic (exact) mass is 472 g/mol. The van der Waals surface area contributed by atoms with E-state index in [1.807, 2.05) is 25.7 Å². The van der Waals surface area contributed by atoms with Gasteiger partial charge in [0.2, 0.25) is 0 Å². The number of carbonyl (C=O) groups is 2. The normalized spacial score (nSPS) is 18.0. The minimum absolute atomic E-state index is 0.129. The van der Waals surface area contributed by atoms with E-state index in [4.69, 9.17) is 4.74 Å². The number of benzene rings is 2. The summed E-state index contributed by atoms with van der Waals surface area (Å²) in [5, 5.41) is 2.97. The van der Waals surface area contributed by atoms with E-state index in [0.29, 0.717) is 44.1 Å². The van der Waals surface area contributed by atoms with Crippen LogP contribution in [0.1, 0.15) is 27.2 Å². The van der Waals surface area contributed by atoms with Gasteiger partial charge in [0.1, 0.15) is 17.2 Å². The highest BCUT2D eigenvalue weighted by molar-refractivity contribution is 5.98. The lowest BCUT2D eigenvalue weighted by Crippen LogP contribution is -2.48. The number of nitrogens with one attached hydrogen (secondary N) is 1. The van der Waals surface area contributed by atoms with Crippen LogP contribution < -0.4 is 15.1 Å². The maximum Gasteiger partial charge on any atom is 0.410 e. The quantitative estimate of drug-likeness (QED) is 0.691. The number of halogens is 2. The fourth-order valence-electron chi connectivity index (χ4n) is 4.30. The Kier molecular flexibility index (Phi) is 6.63. The van der Waals surface area contributed by atoms with Crippen molar-refractivity contribution in [3.63, 3.8) is 0 Å². The molecule has 2 heterocycles. The summed E-state index contributed by atoms with van der Waals surface area (Å²) >= 11 is 0. The summed E-state index contributed by atoms with van der Waals surface area (Å²) < 4.78 is 32.9. The Bertz CT molecular complexity index is 1060. The average Bonchev–Trinajstić information content (AvgIpc) is 3.25. The second-order valence-electron chi connectivity index (χ2n) is 9.68. The molecule has 1 saturated heterocycles. The minimum Gasteiger partial charge on any atom is -0.444 e. The summed E-state index contributed by atoms with van der Waals surface area (Å²) in [6.07, 6.45) is 0.439. The van der Waals surface area contributed by atoms with Crippen molar-refractivity contribution in [3.8, 4) is 0 Å². The van der Waals surface area contributed by atoms with Gasteiger partial charge in [0.15, 0.2) is 0 Å². The van der Waals surface area contributed by atoms with Crippen LogP contribution in [0.15, 0.2) is 42.5 Å². The summed E-state index contributed by atoms with van der Waals surface area (Å²) in [5.74, 6) is -0.635. The lowest BCUT2D eigenvalue weighted by Gasteiger charge is -2.37. The molecular weight excluding hydrogens is 442 g/mol. The van der Waals surface area contributed by atoms with E-state index in [9.17, 15) is 18.4 Å². The smallest absolute Gasteiger partial charge is 0.410 e. The van der Waals surface area contributed by atoms with Crippen molar-refractivity contribution in [3.05, 3.63) is 54.1 Å². The molecule has 0 aliphatic carbocycles. The number of nitrogens with zero attached hydrogens (tertiary/aromatic N) is 3. The first kappa shape index (κ1) is 23.8. The van der Waals surface area contributed by atoms with E-state index in [0.717, 1.165) is 12.1 Å². The van der Waals surface area contributed by atoms with Gasteiger partial charge < -0.3 is 19.9 Å². The van der Waals surface area contributed by atoms with E-state index in [2.05, 4.69) is 5.32 Å². The standard InChI is InChI=1S/C25H30F2N4O3/c1-25(2,3)34-24(33)29-11-10-17(16-29)15-28-23(32)31-13-12-30(20-7-4-18(26)5-8-20)22-14-19(27)6-9-21(22)31/h4-9,14,17H,10-13,15-16H2,1-3H3,(H,28,32)/t17-/m1/s1. The van der Waals surface area contributed by atoms with Crippen LogP contribution in [0.25, 0.3) is 0 Å². The van der Waals surface area contributed by atoms with Gasteiger partial charge in [-0.3, -0.25) is 4.90 Å². The Balaban J connectivity index is 1.40. The second-order valence-corrected chi connectivity index (χ2v) is 9.68. The molecule has 7 nitrogen and oxygen atoms in total. The van der Waals surface area contributed by atoms with Crippen LogP contribution in [-0.2, 0) is 4.74 Å². The predicted molar refractivity (Wildman–Crippen MR) is 126 cm³/mol. The molecule has 0 saturated carbocycles. The number of fused-ring (bicyclic) bond motifs is 1. The topological polar surface area (TPSA) is 65.1 Å². The third-order valence-corrected chi connectivity index (χ3v) is 5.93. The fraction of sp³-hybridized carbons (Fsp3) is 0.440. The van der Waals surface area contributed by atoms with Crippen molar-refractivity contribution in [2.75, 3.05) is 42.5 Å². The molecule has 0 radical (unpaired) electrons. The highest BCUT2D eigenvalue weighted by atomic mass is 19.1. The Morgan fingerprint density at radius 3 is 2.41 bits per heavy atom. The Labute approximate surface area is 198 Å². The van der Waals surface area contributed by atoms with Gasteiger partial charge in [-0.2, -0.15) is 0 Å². The maximum absolute atomic E-state index is 14.1. The SMILES string of the molecule is CC(C)(C)OC(=O)N1CC[C@H](CNC(=O)N2CCN(c3ccc(F)cc3)c3cc(F)ccc32)C1. The van der Waals surface area contributed by atoms with Crippen LogP contribution in [-0.4, -0.2) is 55.3 Å². The minimum atomic E-state index is -0.549. The van der Waals surface area contributed by atoms with Crippen LogP contribution in [0.5, 0.6) is 0 Å². The highest BCUT2D eigenvalue weighted by Gasteiger charge is 2.32. The van der Waals surface area contributed by atoms with Gasteiger partial charge in [-0.05, 0) is 75.6 Å². The van der Waals surface area contributed by atoms with E-state index >= 15 is 0 Å². The van der Waals surface area contributed by atoms with Crippen molar-refractivity contribution in [1.82, 2.24) is 10.2 Å². The lowest BCUT2D eigenvalue weighted by molar-refractivity contribution is 0.0288. The molecule has 2 aromatic carbocycles. The average molecular weight is 473 g/mol. The van der Waals surface area contributed by atoms with Gasteiger partial charge in [0.05, 0.1) is 11.4 Å². The molecule has 0 bridgehead atoms. The van der Waals surface area contributed by atoms with Gasteiger partial charge in [0.25, 0.3) is 0 Å². The van der Waals surface area contributed by atoms with Crippen molar-refractivity contribution in [1.29, 1.82) is 0 Å². The number of ether oxygens (including phenoxy) is 1. The number of likely N-dealkylation sites (tertiary alicyclic amines) is 1. The summed E-state index contributed by atoms with van der Waals surface area (Å²) in [5.41, 5.74) is 1.30. The third-order valence-electron chi connectivity index (χ3n) is 5.93.